The molecule has 32 valence electrons. The molecule has 0 N–H and O–H groups in total. The molecule has 0 aromatic heterocycles. The lowest BCUT2D eigenvalue weighted by atomic mass is 11.2. The van der Waals surface area contributed by atoms with E-state index in [9.17, 15) is 0 Å². The Morgan fingerprint density at radius 2 is 2.67 bits per heavy atom. The van der Waals surface area contributed by atoms with Crippen molar-refractivity contribution in [3.05, 3.63) is 11.4 Å². The molecule has 1 aliphatic heterocycles. The zero-order valence-corrected chi connectivity index (χ0v) is 7.51. The van der Waals surface area contributed by atoms with E-state index in [0.29, 0.717) is 16.4 Å². The minimum atomic E-state index is 0.354. The molecule has 0 nitrogen and oxygen atoms in total. The van der Waals surface area contributed by atoms with E-state index >= 15 is 0 Å². The van der Waals surface area contributed by atoms with E-state index in [4.69, 9.17) is 0 Å². The second-order valence-electron chi connectivity index (χ2n) is 1.65. The molecule has 0 saturated heterocycles. The second kappa shape index (κ2) is 1.90. The lowest BCUT2D eigenvalue weighted by molar-refractivity contribution is 2.34. The van der Waals surface area contributed by atoms with Gasteiger partial charge in [0.05, 0.1) is 9.04 Å². The quantitative estimate of drug-likeness (QED) is 0.375. The first-order valence-corrected chi connectivity index (χ1v) is 9.84. The van der Waals surface area contributed by atoms with Gasteiger partial charge in [-0.2, -0.15) is 0 Å². The van der Waals surface area contributed by atoms with E-state index in [1.807, 2.05) is 0 Å². The summed E-state index contributed by atoms with van der Waals surface area (Å²) in [5, 5.41) is 0. The normalized spacial score (nSPS) is 22.5. The molecular weight excluding hydrogens is 120 g/mol. The first kappa shape index (κ1) is 4.55. The van der Waals surface area contributed by atoms with Gasteiger partial charge in [-0.3, -0.25) is 0 Å². The zero-order valence-electron chi connectivity index (χ0n) is 3.94. The SMILES string of the molecule is C[Si]1=[SiH]C=C[SiH2]1. The number of rotatable bonds is 0. The highest BCUT2D eigenvalue weighted by molar-refractivity contribution is 7.25. The highest BCUT2D eigenvalue weighted by Gasteiger charge is 1.88. The molecule has 0 aromatic carbocycles. The molecule has 6 heavy (non-hydrogen) atoms. The van der Waals surface area contributed by atoms with E-state index in [0.717, 1.165) is 8.61 Å². The van der Waals surface area contributed by atoms with E-state index in [1.54, 1.807) is 0 Å². The van der Waals surface area contributed by atoms with Crippen LogP contribution < -0.4 is 0 Å². The van der Waals surface area contributed by atoms with Gasteiger partial charge in [0.25, 0.3) is 0 Å². The van der Waals surface area contributed by atoms with Crippen LogP contribution in [0.3, 0.4) is 0 Å². The van der Waals surface area contributed by atoms with Crippen LogP contribution >= 0.6 is 0 Å². The van der Waals surface area contributed by atoms with Gasteiger partial charge < -0.3 is 0 Å². The third kappa shape index (κ3) is 0.924. The van der Waals surface area contributed by atoms with Crippen molar-refractivity contribution in [2.45, 2.75) is 6.55 Å². The molecule has 0 aromatic rings. The smallest absolute Gasteiger partial charge is 0.0512 e. The summed E-state index contributed by atoms with van der Waals surface area (Å²) in [7, 11) is 1.64. The van der Waals surface area contributed by atoms with Gasteiger partial charge in [-0.05, 0) is 16.0 Å². The molecule has 0 unspecified atom stereocenters. The first-order chi connectivity index (χ1) is 2.89. The second-order valence-corrected chi connectivity index (χ2v) is 15.9. The number of hydrogen-bond acceptors (Lipinski definition) is 0. The average molecular weight is 128 g/mol. The van der Waals surface area contributed by atoms with E-state index in [1.165, 1.54) is 0 Å². The first-order valence-electron chi connectivity index (χ1n) is 2.22. The van der Waals surface area contributed by atoms with Gasteiger partial charge >= 0.3 is 0 Å². The van der Waals surface area contributed by atoms with Crippen molar-refractivity contribution in [3.63, 3.8) is 0 Å². The highest BCUT2D eigenvalue weighted by Crippen LogP contribution is 1.75. The zero-order chi connectivity index (χ0) is 4.41. The maximum atomic E-state index is 2.48. The van der Waals surface area contributed by atoms with Gasteiger partial charge in [0.15, 0.2) is 0 Å². The van der Waals surface area contributed by atoms with Crippen molar-refractivity contribution in [2.24, 2.45) is 0 Å². The molecular formula is C3H8Si3. The molecule has 1 rings (SSSR count). The molecule has 1 heterocycles. The van der Waals surface area contributed by atoms with Gasteiger partial charge in [0, 0.05) is 0 Å². The summed E-state index contributed by atoms with van der Waals surface area (Å²) in [6, 6.07) is 0. The van der Waals surface area contributed by atoms with Gasteiger partial charge in [-0.15, -0.1) is 5.70 Å². The third-order valence-corrected chi connectivity index (χ3v) is 12.9. The summed E-state index contributed by atoms with van der Waals surface area (Å²) in [5.41, 5.74) is 4.92. The van der Waals surface area contributed by atoms with Crippen molar-refractivity contribution in [1.29, 1.82) is 0 Å². The minimum Gasteiger partial charge on any atom is -0.106 e. The van der Waals surface area contributed by atoms with Crippen LogP contribution in [0.2, 0.25) is 6.55 Å². The Bertz CT molecular complexity index is 103. The van der Waals surface area contributed by atoms with Crippen LogP contribution in [0.5, 0.6) is 0 Å². The van der Waals surface area contributed by atoms with Gasteiger partial charge in [-0.1, -0.05) is 12.2 Å². The Hall–Kier alpha value is 0.391. The molecule has 1 aliphatic rings. The molecule has 0 atom stereocenters. The fraction of sp³-hybridized carbons (Fsp3) is 0.333. The molecule has 0 aliphatic carbocycles. The third-order valence-electron chi connectivity index (χ3n) is 0.957. The predicted octanol–water partition coefficient (Wildman–Crippen LogP) is -0.806. The summed E-state index contributed by atoms with van der Waals surface area (Å²) in [4.78, 5) is 0. The van der Waals surface area contributed by atoms with Gasteiger partial charge in [0.2, 0.25) is 0 Å². The topological polar surface area (TPSA) is 0 Å². The van der Waals surface area contributed by atoms with Crippen molar-refractivity contribution in [2.75, 3.05) is 0 Å². The minimum absolute atomic E-state index is 0.354. The summed E-state index contributed by atoms with van der Waals surface area (Å²) in [6.45, 7) is 2.48. The molecule has 0 spiro atoms. The van der Waals surface area contributed by atoms with Crippen LogP contribution in [-0.4, -0.2) is 25.1 Å². The predicted molar refractivity (Wildman–Crippen MR) is 36.5 cm³/mol. The van der Waals surface area contributed by atoms with Crippen molar-refractivity contribution in [3.8, 4) is 0 Å². The molecule has 3 heteroatoms. The van der Waals surface area contributed by atoms with Crippen LogP contribution in [-0.2, 0) is 0 Å². The summed E-state index contributed by atoms with van der Waals surface area (Å²) < 4.78 is 0. The molecule has 0 fully saturated rings. The summed E-state index contributed by atoms with van der Waals surface area (Å²) in [5.74, 6) is 0. The van der Waals surface area contributed by atoms with E-state index in [2.05, 4.69) is 17.9 Å². The van der Waals surface area contributed by atoms with Crippen LogP contribution in [0.25, 0.3) is 0 Å². The Balaban J connectivity index is 2.61. The lowest BCUT2D eigenvalue weighted by Crippen LogP contribution is -2.01. The Labute approximate surface area is 43.6 Å². The standard InChI is InChI=1S/C3H8Si3/c1-6-4-2-3-5-6/h2-4H,5H2,1H3. The molecule has 0 bridgehead atoms. The Morgan fingerprint density at radius 3 is 2.83 bits per heavy atom. The van der Waals surface area contributed by atoms with Crippen molar-refractivity contribution in [1.82, 2.24) is 0 Å². The maximum absolute atomic E-state index is 2.48. The maximum Gasteiger partial charge on any atom is 0.0512 e. The van der Waals surface area contributed by atoms with E-state index < -0.39 is 0 Å². The fourth-order valence-corrected chi connectivity index (χ4v) is 11.1. The Morgan fingerprint density at radius 1 is 1.83 bits per heavy atom. The summed E-state index contributed by atoms with van der Waals surface area (Å²) >= 11 is 0. The largest absolute Gasteiger partial charge is 0.106 e. The van der Waals surface area contributed by atoms with Gasteiger partial charge in [0.1, 0.15) is 0 Å². The van der Waals surface area contributed by atoms with Crippen molar-refractivity contribution < 1.29 is 0 Å². The fourth-order valence-electron chi connectivity index (χ4n) is 0.554. The monoisotopic (exact) mass is 128 g/mol. The number of hydrogen-bond donors (Lipinski definition) is 0. The van der Waals surface area contributed by atoms with Crippen LogP contribution in [0.1, 0.15) is 0 Å². The Kier molecular flexibility index (Phi) is 1.44. The van der Waals surface area contributed by atoms with Crippen LogP contribution in [0, 0.1) is 0 Å². The van der Waals surface area contributed by atoms with E-state index in [-0.39, 0.29) is 0 Å². The molecule has 0 radical (unpaired) electrons. The average Bonchev–Trinajstić information content (AvgIpc) is 1.86. The summed E-state index contributed by atoms with van der Waals surface area (Å²) in [6.07, 6.45) is 0. The van der Waals surface area contributed by atoms with Crippen LogP contribution in [0.15, 0.2) is 11.4 Å². The van der Waals surface area contributed by atoms with Crippen molar-refractivity contribution >= 4 is 25.1 Å². The lowest BCUT2D eigenvalue weighted by Gasteiger charge is -1.75. The molecule has 0 amide bonds. The van der Waals surface area contributed by atoms with Crippen LogP contribution in [0.4, 0.5) is 0 Å². The molecule has 0 saturated carbocycles. The highest BCUT2D eigenvalue weighted by atomic mass is 29.4. The van der Waals surface area contributed by atoms with Gasteiger partial charge in [-0.25, -0.2) is 0 Å².